The molecule has 1 atom stereocenters. The molecule has 1 unspecified atom stereocenters. The smallest absolute Gasteiger partial charge is 0.223 e. The SMILES string of the molecule is Cc1cc(N2CCN(C(=O)CC3C=CCC3)CC2)nc(C(C)C)n1. The second kappa shape index (κ2) is 7.32. The van der Waals surface area contributed by atoms with Crippen molar-refractivity contribution in [2.45, 2.75) is 46.0 Å². The Hall–Kier alpha value is -1.91. The molecule has 3 rings (SSSR count). The highest BCUT2D eigenvalue weighted by molar-refractivity contribution is 5.77. The molecule has 0 radical (unpaired) electrons. The molecule has 0 saturated carbocycles. The number of aromatic nitrogens is 2. The van der Waals surface area contributed by atoms with Gasteiger partial charge in [0.1, 0.15) is 11.6 Å². The summed E-state index contributed by atoms with van der Waals surface area (Å²) in [7, 11) is 0. The second-order valence-electron chi connectivity index (χ2n) is 7.22. The zero-order valence-electron chi connectivity index (χ0n) is 15.0. The van der Waals surface area contributed by atoms with Crippen LogP contribution in [0.4, 0.5) is 5.82 Å². The predicted octanol–water partition coefficient (Wildman–Crippen LogP) is 2.91. The molecule has 2 aliphatic rings. The monoisotopic (exact) mass is 328 g/mol. The average molecular weight is 328 g/mol. The van der Waals surface area contributed by atoms with E-state index < -0.39 is 0 Å². The van der Waals surface area contributed by atoms with Crippen molar-refractivity contribution < 1.29 is 4.79 Å². The summed E-state index contributed by atoms with van der Waals surface area (Å²) in [6.07, 6.45) is 7.31. The molecule has 1 amide bonds. The minimum absolute atomic E-state index is 0.299. The van der Waals surface area contributed by atoms with E-state index in [9.17, 15) is 4.79 Å². The van der Waals surface area contributed by atoms with Gasteiger partial charge in [-0.2, -0.15) is 0 Å². The van der Waals surface area contributed by atoms with E-state index in [-0.39, 0.29) is 0 Å². The molecule has 0 N–H and O–H groups in total. The van der Waals surface area contributed by atoms with Gasteiger partial charge in [-0.15, -0.1) is 0 Å². The van der Waals surface area contributed by atoms with Gasteiger partial charge in [-0.05, 0) is 25.7 Å². The van der Waals surface area contributed by atoms with Crippen molar-refractivity contribution in [1.29, 1.82) is 0 Å². The quantitative estimate of drug-likeness (QED) is 0.798. The third-order valence-electron chi connectivity index (χ3n) is 4.88. The van der Waals surface area contributed by atoms with Crippen molar-refractivity contribution in [3.8, 4) is 0 Å². The zero-order chi connectivity index (χ0) is 17.1. The lowest BCUT2D eigenvalue weighted by atomic mass is 10.0. The fourth-order valence-corrected chi connectivity index (χ4v) is 3.40. The molecule has 1 aromatic heterocycles. The third kappa shape index (κ3) is 3.94. The summed E-state index contributed by atoms with van der Waals surface area (Å²) in [5.41, 5.74) is 1.01. The van der Waals surface area contributed by atoms with Crippen LogP contribution in [0.3, 0.4) is 0 Å². The second-order valence-corrected chi connectivity index (χ2v) is 7.22. The molecule has 0 bridgehead atoms. The summed E-state index contributed by atoms with van der Waals surface area (Å²) in [6.45, 7) is 9.52. The molecule has 5 nitrogen and oxygen atoms in total. The number of carbonyl (C=O) groups is 1. The van der Waals surface area contributed by atoms with Crippen molar-refractivity contribution in [3.05, 3.63) is 29.7 Å². The number of hydrogen-bond donors (Lipinski definition) is 0. The summed E-state index contributed by atoms with van der Waals surface area (Å²) in [5.74, 6) is 2.97. The Morgan fingerprint density at radius 2 is 2.00 bits per heavy atom. The van der Waals surface area contributed by atoms with Crippen molar-refractivity contribution in [1.82, 2.24) is 14.9 Å². The van der Waals surface area contributed by atoms with Crippen molar-refractivity contribution in [2.75, 3.05) is 31.1 Å². The molecule has 0 spiro atoms. The first-order chi connectivity index (χ1) is 11.5. The number of hydrogen-bond acceptors (Lipinski definition) is 4. The molecule has 1 aromatic rings. The molecule has 1 aliphatic heterocycles. The maximum Gasteiger partial charge on any atom is 0.223 e. The molecule has 24 heavy (non-hydrogen) atoms. The van der Waals surface area contributed by atoms with Crippen molar-refractivity contribution in [2.24, 2.45) is 5.92 Å². The molecule has 1 fully saturated rings. The Kier molecular flexibility index (Phi) is 5.17. The fourth-order valence-electron chi connectivity index (χ4n) is 3.40. The van der Waals surface area contributed by atoms with E-state index >= 15 is 0 Å². The maximum atomic E-state index is 12.4. The number of carbonyl (C=O) groups excluding carboxylic acids is 1. The van der Waals surface area contributed by atoms with Gasteiger partial charge in [0, 0.05) is 50.3 Å². The van der Waals surface area contributed by atoms with E-state index in [1.54, 1.807) is 0 Å². The molecule has 130 valence electrons. The van der Waals surface area contributed by atoms with E-state index in [1.165, 1.54) is 0 Å². The van der Waals surface area contributed by atoms with Gasteiger partial charge in [-0.1, -0.05) is 26.0 Å². The minimum atomic E-state index is 0.299. The van der Waals surface area contributed by atoms with Gasteiger partial charge in [0.25, 0.3) is 0 Å². The first-order valence-corrected chi connectivity index (χ1v) is 9.08. The highest BCUT2D eigenvalue weighted by Crippen LogP contribution is 2.23. The standard InChI is InChI=1S/C19H28N4O/c1-14(2)19-20-15(3)12-17(21-19)22-8-10-23(11-9-22)18(24)13-16-6-4-5-7-16/h4,6,12,14,16H,5,7-11,13H2,1-3H3. The van der Waals surface area contributed by atoms with Crippen LogP contribution in [0.25, 0.3) is 0 Å². The lowest BCUT2D eigenvalue weighted by Crippen LogP contribution is -2.49. The summed E-state index contributed by atoms with van der Waals surface area (Å²) in [6, 6.07) is 2.05. The number of amides is 1. The fraction of sp³-hybridized carbons (Fsp3) is 0.632. The van der Waals surface area contributed by atoms with Crippen molar-refractivity contribution >= 4 is 11.7 Å². The van der Waals surface area contributed by atoms with E-state index in [0.29, 0.717) is 24.2 Å². The van der Waals surface area contributed by atoms with Crippen LogP contribution in [-0.2, 0) is 4.79 Å². The zero-order valence-corrected chi connectivity index (χ0v) is 15.0. The predicted molar refractivity (Wildman–Crippen MR) is 96.1 cm³/mol. The number of allylic oxidation sites excluding steroid dienone is 2. The Balaban J connectivity index is 1.58. The number of anilines is 1. The molecule has 2 heterocycles. The van der Waals surface area contributed by atoms with Gasteiger partial charge in [0.05, 0.1) is 0 Å². The van der Waals surface area contributed by atoms with Gasteiger partial charge >= 0.3 is 0 Å². The van der Waals surface area contributed by atoms with E-state index in [0.717, 1.165) is 56.4 Å². The maximum absolute atomic E-state index is 12.4. The first-order valence-electron chi connectivity index (χ1n) is 9.08. The van der Waals surface area contributed by atoms with E-state index in [4.69, 9.17) is 4.98 Å². The van der Waals surface area contributed by atoms with Crippen LogP contribution in [0.1, 0.15) is 50.5 Å². The highest BCUT2D eigenvalue weighted by Gasteiger charge is 2.24. The summed E-state index contributed by atoms with van der Waals surface area (Å²) >= 11 is 0. The van der Waals surface area contributed by atoms with Gasteiger partial charge in [0.15, 0.2) is 0 Å². The van der Waals surface area contributed by atoms with Crippen LogP contribution in [0.2, 0.25) is 0 Å². The number of rotatable bonds is 4. The number of nitrogens with zero attached hydrogens (tertiary/aromatic N) is 4. The third-order valence-corrected chi connectivity index (χ3v) is 4.88. The minimum Gasteiger partial charge on any atom is -0.353 e. The molecule has 5 heteroatoms. The van der Waals surface area contributed by atoms with Crippen LogP contribution in [0, 0.1) is 12.8 Å². The molecular formula is C19H28N4O. The number of piperazine rings is 1. The average Bonchev–Trinajstić information content (AvgIpc) is 3.07. The number of aryl methyl sites for hydroxylation is 1. The van der Waals surface area contributed by atoms with Crippen LogP contribution in [-0.4, -0.2) is 47.0 Å². The largest absolute Gasteiger partial charge is 0.353 e. The van der Waals surface area contributed by atoms with Crippen LogP contribution >= 0.6 is 0 Å². The lowest BCUT2D eigenvalue weighted by molar-refractivity contribution is -0.132. The Labute approximate surface area is 144 Å². The van der Waals surface area contributed by atoms with Gasteiger partial charge in [-0.25, -0.2) is 9.97 Å². The molecule has 1 aliphatic carbocycles. The molecule has 0 aromatic carbocycles. The Morgan fingerprint density at radius 3 is 2.62 bits per heavy atom. The van der Waals surface area contributed by atoms with Gasteiger partial charge in [0.2, 0.25) is 5.91 Å². The van der Waals surface area contributed by atoms with E-state index in [2.05, 4.69) is 35.9 Å². The van der Waals surface area contributed by atoms with Crippen LogP contribution in [0.5, 0.6) is 0 Å². The van der Waals surface area contributed by atoms with Crippen LogP contribution in [0.15, 0.2) is 18.2 Å². The van der Waals surface area contributed by atoms with Crippen LogP contribution < -0.4 is 4.90 Å². The normalized spacial score (nSPS) is 20.9. The lowest BCUT2D eigenvalue weighted by Gasteiger charge is -2.36. The summed E-state index contributed by atoms with van der Waals surface area (Å²) in [4.78, 5) is 26.0. The summed E-state index contributed by atoms with van der Waals surface area (Å²) in [5, 5.41) is 0. The topological polar surface area (TPSA) is 49.3 Å². The Bertz CT molecular complexity index is 618. The first kappa shape index (κ1) is 16.9. The molecular weight excluding hydrogens is 300 g/mol. The highest BCUT2D eigenvalue weighted by atomic mass is 16.2. The Morgan fingerprint density at radius 1 is 1.25 bits per heavy atom. The van der Waals surface area contributed by atoms with E-state index in [1.807, 2.05) is 17.9 Å². The molecule has 1 saturated heterocycles. The van der Waals surface area contributed by atoms with Gasteiger partial charge < -0.3 is 9.80 Å². The summed E-state index contributed by atoms with van der Waals surface area (Å²) < 4.78 is 0. The van der Waals surface area contributed by atoms with Gasteiger partial charge in [-0.3, -0.25) is 4.79 Å². The van der Waals surface area contributed by atoms with Crippen molar-refractivity contribution in [3.63, 3.8) is 0 Å².